The molecule has 0 saturated carbocycles. The number of piperidine rings is 2. The molecule has 0 aliphatic carbocycles. The van der Waals surface area contributed by atoms with Crippen molar-refractivity contribution in [1.29, 1.82) is 0 Å². The van der Waals surface area contributed by atoms with Crippen LogP contribution in [0, 0.1) is 5.92 Å². The van der Waals surface area contributed by atoms with Gasteiger partial charge < -0.3 is 15.7 Å². The van der Waals surface area contributed by atoms with Crippen LogP contribution in [-0.2, 0) is 40.5 Å². The van der Waals surface area contributed by atoms with Crippen molar-refractivity contribution in [1.82, 2.24) is 23.9 Å². The summed E-state index contributed by atoms with van der Waals surface area (Å²) in [7, 11) is -3.55. The number of hydrogen-bond acceptors (Lipinski definition) is 8. The maximum atomic E-state index is 14.1. The van der Waals surface area contributed by atoms with Crippen LogP contribution < -0.4 is 5.73 Å². The predicted octanol–water partition coefficient (Wildman–Crippen LogP) is 2.97. The molecule has 2 fully saturated rings. The van der Waals surface area contributed by atoms with Crippen LogP contribution in [0.4, 0.5) is 17.6 Å². The summed E-state index contributed by atoms with van der Waals surface area (Å²) in [6.45, 7) is 3.38. The van der Waals surface area contributed by atoms with Gasteiger partial charge in [0.25, 0.3) is 0 Å². The Morgan fingerprint density at radius 2 is 1.87 bits per heavy atom. The molecule has 1 aromatic carbocycles. The monoisotopic (exact) mass is 690 g/mol. The van der Waals surface area contributed by atoms with E-state index in [0.717, 1.165) is 36.2 Å². The van der Waals surface area contributed by atoms with Crippen molar-refractivity contribution in [2.75, 3.05) is 57.8 Å². The Balaban J connectivity index is 1.39. The molecule has 46 heavy (non-hydrogen) atoms. The van der Waals surface area contributed by atoms with Gasteiger partial charge in [0.05, 0.1) is 30.2 Å². The number of thioether (sulfide) groups is 1. The minimum atomic E-state index is -4.59. The van der Waals surface area contributed by atoms with Gasteiger partial charge in [0.15, 0.2) is 0 Å². The van der Waals surface area contributed by atoms with E-state index in [1.807, 2.05) is 4.90 Å². The number of nitrogens with two attached hydrogens (primary N) is 1. The maximum absolute atomic E-state index is 14.1. The quantitative estimate of drug-likeness (QED) is 0.273. The van der Waals surface area contributed by atoms with Gasteiger partial charge in [0, 0.05) is 72.5 Å². The molecular weight excluding hydrogens is 648 g/mol. The number of fused-ring (bicyclic) bond motifs is 1. The normalized spacial score (nSPS) is 21.7. The number of aliphatic hydroxyl groups excluding tert-OH is 1. The van der Waals surface area contributed by atoms with Crippen LogP contribution >= 0.6 is 11.8 Å². The molecule has 2 atom stereocenters. The van der Waals surface area contributed by atoms with E-state index in [0.29, 0.717) is 81.0 Å². The standard InChI is InChI=1S/C30H42F4N6O4S2/c1-46(43,44)39-12-8-26-24(19-39)28(36-40(26)18-23(41)17-38-10-6-20(7-11-38)29(35)42)21-4-5-25(30(32,33)34)27(15-21)45-14-13-37-9-2-3-22(31)16-37/h4-5,15,20,22-23,41H,2-3,6-14,16-19H2,1H3,(H2,35,42)/t22?,23-/m0/s1. The number of aliphatic hydroxyl groups is 1. The van der Waals surface area contributed by atoms with E-state index >= 15 is 0 Å². The Hall–Kier alpha value is -2.24. The fourth-order valence-electron chi connectivity index (χ4n) is 6.60. The Bertz CT molecular complexity index is 1500. The average Bonchev–Trinajstić information content (AvgIpc) is 3.34. The molecule has 2 saturated heterocycles. The first-order chi connectivity index (χ1) is 21.7. The highest BCUT2D eigenvalue weighted by Gasteiger charge is 2.35. The van der Waals surface area contributed by atoms with E-state index in [1.165, 1.54) is 16.4 Å². The van der Waals surface area contributed by atoms with Gasteiger partial charge in [0.2, 0.25) is 15.9 Å². The van der Waals surface area contributed by atoms with Gasteiger partial charge in [-0.1, -0.05) is 6.07 Å². The lowest BCUT2D eigenvalue weighted by molar-refractivity contribution is -0.139. The van der Waals surface area contributed by atoms with Gasteiger partial charge in [0.1, 0.15) is 6.17 Å². The number of amides is 1. The average molecular weight is 691 g/mol. The molecule has 3 aliphatic heterocycles. The maximum Gasteiger partial charge on any atom is 0.417 e. The topological polar surface area (TPSA) is 125 Å². The van der Waals surface area contributed by atoms with Crippen molar-refractivity contribution < 1.29 is 35.9 Å². The van der Waals surface area contributed by atoms with Crippen LogP contribution in [0.15, 0.2) is 23.1 Å². The summed E-state index contributed by atoms with van der Waals surface area (Å²) in [5, 5.41) is 15.8. The number of rotatable bonds is 11. The minimum Gasteiger partial charge on any atom is -0.390 e. The highest BCUT2D eigenvalue weighted by atomic mass is 32.2. The Morgan fingerprint density at radius 1 is 1.13 bits per heavy atom. The fraction of sp³-hybridized carbons (Fsp3) is 0.667. The summed E-state index contributed by atoms with van der Waals surface area (Å²) in [5.74, 6) is -0.150. The van der Waals surface area contributed by atoms with E-state index in [9.17, 15) is 35.9 Å². The molecule has 16 heteroatoms. The number of alkyl halides is 4. The first kappa shape index (κ1) is 35.1. The van der Waals surface area contributed by atoms with Crippen LogP contribution in [0.3, 0.4) is 0 Å². The molecule has 3 aliphatic rings. The number of halogens is 4. The molecule has 1 unspecified atom stereocenters. The van der Waals surface area contributed by atoms with Crippen molar-refractivity contribution in [3.8, 4) is 11.3 Å². The fourth-order valence-corrected chi connectivity index (χ4v) is 8.50. The van der Waals surface area contributed by atoms with Crippen molar-refractivity contribution in [2.45, 2.75) is 68.5 Å². The minimum absolute atomic E-state index is 0.0169. The zero-order chi connectivity index (χ0) is 33.2. The van der Waals surface area contributed by atoms with Gasteiger partial charge in [-0.15, -0.1) is 11.8 Å². The first-order valence-corrected chi connectivity index (χ1v) is 18.5. The molecule has 0 bridgehead atoms. The summed E-state index contributed by atoms with van der Waals surface area (Å²) >= 11 is 1.06. The summed E-state index contributed by atoms with van der Waals surface area (Å²) in [6, 6.07) is 3.84. The number of sulfonamides is 1. The number of benzene rings is 1. The van der Waals surface area contributed by atoms with E-state index < -0.39 is 34.0 Å². The van der Waals surface area contributed by atoms with E-state index in [-0.39, 0.29) is 42.9 Å². The molecule has 1 aromatic heterocycles. The number of likely N-dealkylation sites (tertiary alicyclic amines) is 2. The second kappa shape index (κ2) is 14.5. The van der Waals surface area contributed by atoms with Gasteiger partial charge in [-0.2, -0.15) is 22.6 Å². The molecule has 256 valence electrons. The van der Waals surface area contributed by atoms with E-state index in [2.05, 4.69) is 4.90 Å². The first-order valence-electron chi connectivity index (χ1n) is 15.6. The lowest BCUT2D eigenvalue weighted by Gasteiger charge is -2.32. The van der Waals surface area contributed by atoms with Crippen LogP contribution in [0.2, 0.25) is 0 Å². The van der Waals surface area contributed by atoms with Crippen molar-refractivity contribution in [2.24, 2.45) is 11.7 Å². The summed E-state index contributed by atoms with van der Waals surface area (Å²) in [4.78, 5) is 15.5. The number of β-amino-alcohol motifs (C(OH)–C–C–N with tert-alkyl or cyclic N) is 1. The molecule has 1 amide bonds. The number of aromatic nitrogens is 2. The largest absolute Gasteiger partial charge is 0.417 e. The molecule has 5 rings (SSSR count). The number of nitrogens with zero attached hydrogens (tertiary/aromatic N) is 5. The zero-order valence-corrected chi connectivity index (χ0v) is 27.5. The Morgan fingerprint density at radius 3 is 2.52 bits per heavy atom. The van der Waals surface area contributed by atoms with Gasteiger partial charge >= 0.3 is 6.18 Å². The number of carbonyl (C=O) groups excluding carboxylic acids is 1. The van der Waals surface area contributed by atoms with Gasteiger partial charge in [-0.25, -0.2) is 12.8 Å². The molecular formula is C30H42F4N6O4S2. The highest BCUT2D eigenvalue weighted by Crippen LogP contribution is 2.40. The number of carbonyl (C=O) groups is 1. The third-order valence-corrected chi connectivity index (χ3v) is 11.4. The predicted molar refractivity (Wildman–Crippen MR) is 167 cm³/mol. The van der Waals surface area contributed by atoms with Crippen LogP contribution in [0.1, 0.15) is 42.5 Å². The summed E-state index contributed by atoms with van der Waals surface area (Å²) in [5.41, 5.74) is 6.80. The summed E-state index contributed by atoms with van der Waals surface area (Å²) < 4.78 is 83.9. The van der Waals surface area contributed by atoms with E-state index in [1.54, 1.807) is 4.68 Å². The van der Waals surface area contributed by atoms with Crippen molar-refractivity contribution >= 4 is 27.7 Å². The third kappa shape index (κ3) is 8.61. The lowest BCUT2D eigenvalue weighted by atomic mass is 9.96. The number of primary amides is 1. The highest BCUT2D eigenvalue weighted by molar-refractivity contribution is 7.99. The van der Waals surface area contributed by atoms with E-state index in [4.69, 9.17) is 10.8 Å². The smallest absolute Gasteiger partial charge is 0.390 e. The van der Waals surface area contributed by atoms with Crippen LogP contribution in [0.25, 0.3) is 11.3 Å². The summed E-state index contributed by atoms with van der Waals surface area (Å²) in [6.07, 6.45) is -2.42. The molecule has 0 radical (unpaired) electrons. The second-order valence-corrected chi connectivity index (χ2v) is 15.7. The molecule has 10 nitrogen and oxygen atoms in total. The SMILES string of the molecule is CS(=O)(=O)N1CCc2c(c(-c3ccc(C(F)(F)F)c(SCCN4CCCC(F)C4)c3)nn2C[C@@H](O)CN2CCC(C(N)=O)CC2)C1. The zero-order valence-electron chi connectivity index (χ0n) is 25.9. The molecule has 0 spiro atoms. The Kier molecular flexibility index (Phi) is 11.0. The molecule has 2 aromatic rings. The lowest BCUT2D eigenvalue weighted by Crippen LogP contribution is -2.43. The van der Waals surface area contributed by atoms with Gasteiger partial charge in [-0.05, 0) is 57.5 Å². The van der Waals surface area contributed by atoms with Crippen molar-refractivity contribution in [3.05, 3.63) is 35.0 Å². The number of hydrogen-bond donors (Lipinski definition) is 2. The second-order valence-electron chi connectivity index (χ2n) is 12.5. The van der Waals surface area contributed by atoms with Crippen molar-refractivity contribution in [3.63, 3.8) is 0 Å². The molecule has 3 N–H and O–H groups in total. The van der Waals surface area contributed by atoms with Gasteiger partial charge in [-0.3, -0.25) is 14.4 Å². The van der Waals surface area contributed by atoms with Crippen LogP contribution in [-0.4, -0.2) is 113 Å². The molecule has 4 heterocycles. The van der Waals surface area contributed by atoms with Crippen LogP contribution in [0.5, 0.6) is 0 Å². The third-order valence-electron chi connectivity index (χ3n) is 9.08. The Labute approximate surface area is 271 Å².